The molecule has 2 heterocycles. The summed E-state index contributed by atoms with van der Waals surface area (Å²) in [4.78, 5) is 52.7. The van der Waals surface area contributed by atoms with Gasteiger partial charge in [-0.15, -0.1) is 0 Å². The van der Waals surface area contributed by atoms with E-state index < -0.39 is 53.5 Å². The second-order valence-corrected chi connectivity index (χ2v) is 12.1. The highest BCUT2D eigenvalue weighted by molar-refractivity contribution is 5.88. The Labute approximate surface area is 254 Å². The predicted octanol–water partition coefficient (Wildman–Crippen LogP) is 2.87. The first-order valence-corrected chi connectivity index (χ1v) is 14.7. The summed E-state index contributed by atoms with van der Waals surface area (Å²) in [6.45, 7) is 1.97. The molecule has 11 nitrogen and oxygen atoms in total. The molecule has 4 aliphatic rings. The number of carboxylic acids is 1. The number of benzene rings is 2. The third kappa shape index (κ3) is 4.57. The van der Waals surface area contributed by atoms with Crippen LogP contribution < -0.4 is 9.47 Å². The second kappa shape index (κ2) is 11.0. The molecule has 2 aliphatic heterocycles. The van der Waals surface area contributed by atoms with Crippen LogP contribution in [0.2, 0.25) is 0 Å². The number of methoxy groups -OCH3 is 1. The zero-order valence-corrected chi connectivity index (χ0v) is 24.8. The van der Waals surface area contributed by atoms with E-state index in [2.05, 4.69) is 4.90 Å². The molecule has 11 heteroatoms. The molecule has 6 atom stereocenters. The summed E-state index contributed by atoms with van der Waals surface area (Å²) in [5, 5.41) is 22.0. The Morgan fingerprint density at radius 1 is 1.11 bits per heavy atom. The molecular weight excluding hydrogens is 570 g/mol. The van der Waals surface area contributed by atoms with Crippen molar-refractivity contribution in [3.05, 3.63) is 71.0 Å². The quantitative estimate of drug-likeness (QED) is 0.385. The summed E-state index contributed by atoms with van der Waals surface area (Å²) in [6.07, 6.45) is -0.203. The Morgan fingerprint density at radius 3 is 2.55 bits per heavy atom. The number of carbonyl (C=O) groups excluding carboxylic acids is 3. The number of piperidine rings is 1. The maximum absolute atomic E-state index is 13.4. The minimum Gasteiger partial charge on any atom is -0.493 e. The van der Waals surface area contributed by atoms with Crippen molar-refractivity contribution in [3.63, 3.8) is 0 Å². The Hall–Kier alpha value is -4.22. The molecule has 1 saturated heterocycles. The number of ketones is 1. The molecule has 6 rings (SSSR count). The van der Waals surface area contributed by atoms with Gasteiger partial charge < -0.3 is 38.9 Å². The zero-order chi connectivity index (χ0) is 31.4. The first-order valence-electron chi connectivity index (χ1n) is 14.7. The van der Waals surface area contributed by atoms with Gasteiger partial charge in [-0.05, 0) is 51.1 Å². The van der Waals surface area contributed by atoms with Gasteiger partial charge in [-0.2, -0.15) is 0 Å². The molecule has 2 aliphatic carbocycles. The molecule has 232 valence electrons. The number of aliphatic hydroxyl groups is 1. The standard InChI is InChI=1S/C33H35NO10/c1-18(35)15-21(31(39)44-27(30(37)38)19-7-5-4-6-8-19)17-25(36)42-23-11-12-33(40)24-16-20-9-10-22(41-3)28-26(20)32(33,29(23)43-28)13-14-34(24)2/h4-11,21,24,27,29,40H,12-17H2,1-3H3,(H,37,38)/t21-,24-,27-,29+,32+,33-/m0/s1. The van der Waals surface area contributed by atoms with Gasteiger partial charge in [0.25, 0.3) is 0 Å². The summed E-state index contributed by atoms with van der Waals surface area (Å²) < 4.78 is 23.3. The Balaban J connectivity index is 1.26. The molecule has 2 aromatic rings. The van der Waals surface area contributed by atoms with Crippen LogP contribution in [0.5, 0.6) is 11.5 Å². The molecule has 1 spiro atoms. The molecular formula is C33H35NO10. The molecule has 44 heavy (non-hydrogen) atoms. The van der Waals surface area contributed by atoms with Crippen molar-refractivity contribution in [3.8, 4) is 11.5 Å². The van der Waals surface area contributed by atoms with Crippen molar-refractivity contribution in [2.24, 2.45) is 5.92 Å². The fourth-order valence-corrected chi connectivity index (χ4v) is 7.65. The summed E-state index contributed by atoms with van der Waals surface area (Å²) in [6, 6.07) is 11.6. The number of rotatable bonds is 10. The number of Topliss-reactive ketones (excluding diaryl/α,β-unsaturated/α-hetero) is 1. The topological polar surface area (TPSA) is 149 Å². The van der Waals surface area contributed by atoms with Crippen molar-refractivity contribution < 1.29 is 48.3 Å². The maximum Gasteiger partial charge on any atom is 0.349 e. The smallest absolute Gasteiger partial charge is 0.349 e. The average Bonchev–Trinajstić information content (AvgIpc) is 3.35. The lowest BCUT2D eigenvalue weighted by atomic mass is 9.50. The Kier molecular flexibility index (Phi) is 7.49. The molecule has 0 unspecified atom stereocenters. The number of hydrogen-bond acceptors (Lipinski definition) is 10. The summed E-state index contributed by atoms with van der Waals surface area (Å²) >= 11 is 0. The van der Waals surface area contributed by atoms with Gasteiger partial charge in [0.15, 0.2) is 17.6 Å². The Morgan fingerprint density at radius 2 is 1.86 bits per heavy atom. The van der Waals surface area contributed by atoms with Crippen molar-refractivity contribution in [2.75, 3.05) is 20.7 Å². The van der Waals surface area contributed by atoms with Crippen molar-refractivity contribution >= 4 is 23.7 Å². The number of ether oxygens (including phenoxy) is 4. The highest BCUT2D eigenvalue weighted by Crippen LogP contribution is 2.65. The lowest BCUT2D eigenvalue weighted by Crippen LogP contribution is -2.74. The lowest BCUT2D eigenvalue weighted by Gasteiger charge is -2.61. The van der Waals surface area contributed by atoms with Gasteiger partial charge >= 0.3 is 17.9 Å². The highest BCUT2D eigenvalue weighted by Gasteiger charge is 2.72. The third-order valence-corrected chi connectivity index (χ3v) is 9.63. The van der Waals surface area contributed by atoms with E-state index in [0.717, 1.165) is 11.1 Å². The van der Waals surface area contributed by atoms with E-state index in [4.69, 9.17) is 18.9 Å². The second-order valence-electron chi connectivity index (χ2n) is 12.1. The van der Waals surface area contributed by atoms with Crippen LogP contribution in [0.25, 0.3) is 0 Å². The summed E-state index contributed by atoms with van der Waals surface area (Å²) in [5.41, 5.74) is 0.110. The molecule has 0 saturated carbocycles. The minimum absolute atomic E-state index is 0.177. The van der Waals surface area contributed by atoms with E-state index in [1.54, 1.807) is 31.4 Å². The molecule has 0 aromatic heterocycles. The van der Waals surface area contributed by atoms with E-state index in [-0.39, 0.29) is 36.0 Å². The highest BCUT2D eigenvalue weighted by atomic mass is 16.6. The first-order chi connectivity index (χ1) is 21.0. The number of esters is 2. The normalized spacial score (nSPS) is 27.6. The van der Waals surface area contributed by atoms with Gasteiger partial charge in [-0.1, -0.05) is 36.4 Å². The van der Waals surface area contributed by atoms with Crippen LogP contribution in [-0.4, -0.2) is 77.3 Å². The van der Waals surface area contributed by atoms with Crippen molar-refractivity contribution in [1.82, 2.24) is 4.90 Å². The monoisotopic (exact) mass is 605 g/mol. The van der Waals surface area contributed by atoms with E-state index in [1.165, 1.54) is 19.1 Å². The van der Waals surface area contributed by atoms with Crippen LogP contribution >= 0.6 is 0 Å². The fraction of sp³-hybridized carbons (Fsp3) is 0.455. The Bertz CT molecular complexity index is 1550. The van der Waals surface area contributed by atoms with Crippen LogP contribution in [0.3, 0.4) is 0 Å². The fourth-order valence-electron chi connectivity index (χ4n) is 7.65. The van der Waals surface area contributed by atoms with Gasteiger partial charge in [0.05, 0.1) is 30.5 Å². The number of likely N-dealkylation sites (tertiary alicyclic amines) is 1. The van der Waals surface area contributed by atoms with Crippen LogP contribution in [0, 0.1) is 5.92 Å². The van der Waals surface area contributed by atoms with Crippen molar-refractivity contribution in [1.29, 1.82) is 0 Å². The molecule has 2 bridgehead atoms. The third-order valence-electron chi connectivity index (χ3n) is 9.63. The minimum atomic E-state index is -1.61. The number of hydrogen-bond donors (Lipinski definition) is 2. The van der Waals surface area contributed by atoms with E-state index in [0.29, 0.717) is 30.9 Å². The van der Waals surface area contributed by atoms with Gasteiger partial charge in [0, 0.05) is 30.0 Å². The average molecular weight is 606 g/mol. The van der Waals surface area contributed by atoms with E-state index in [1.807, 2.05) is 19.2 Å². The SMILES string of the molecule is COc1ccc2c3c1O[C@@H]1C(OC(=O)C[C@H](CC(C)=O)C(=O)O[C@H](C(=O)O)c4ccccc4)=CC[C@]4(O)[C@H](C2)N(C)CC[C@@]314. The summed E-state index contributed by atoms with van der Waals surface area (Å²) in [5.74, 6) is -3.56. The largest absolute Gasteiger partial charge is 0.493 e. The lowest BCUT2D eigenvalue weighted by molar-refractivity contribution is -0.172. The van der Waals surface area contributed by atoms with E-state index >= 15 is 0 Å². The van der Waals surface area contributed by atoms with Gasteiger partial charge in [-0.3, -0.25) is 9.59 Å². The number of carbonyl (C=O) groups is 4. The summed E-state index contributed by atoms with van der Waals surface area (Å²) in [7, 11) is 3.54. The predicted molar refractivity (Wildman–Crippen MR) is 154 cm³/mol. The molecule has 2 aromatic carbocycles. The first kappa shape index (κ1) is 29.8. The molecule has 0 radical (unpaired) electrons. The number of likely N-dealkylation sites (N-methyl/N-ethyl adjacent to an activating group) is 1. The zero-order valence-electron chi connectivity index (χ0n) is 24.8. The molecule has 2 N–H and O–H groups in total. The van der Waals surface area contributed by atoms with Crippen LogP contribution in [0.15, 0.2) is 54.3 Å². The molecule has 0 amide bonds. The number of aliphatic carboxylic acids is 1. The van der Waals surface area contributed by atoms with E-state index in [9.17, 15) is 29.4 Å². The van der Waals surface area contributed by atoms with Gasteiger partial charge in [-0.25, -0.2) is 4.79 Å². The van der Waals surface area contributed by atoms with Crippen molar-refractivity contribution in [2.45, 2.75) is 68.3 Å². The van der Waals surface area contributed by atoms with Crippen LogP contribution in [-0.2, 0) is 40.5 Å². The van der Waals surface area contributed by atoms with Crippen LogP contribution in [0.4, 0.5) is 0 Å². The van der Waals surface area contributed by atoms with Crippen LogP contribution in [0.1, 0.15) is 55.4 Å². The maximum atomic E-state index is 13.4. The van der Waals surface area contributed by atoms with Gasteiger partial charge in [0.2, 0.25) is 6.10 Å². The van der Waals surface area contributed by atoms with Gasteiger partial charge in [0.1, 0.15) is 11.5 Å². The molecule has 1 fully saturated rings. The number of nitrogens with zero attached hydrogens (tertiary/aromatic N) is 1. The number of carboxylic acid groups (broad SMARTS) is 1.